The molecule has 0 aromatic heterocycles. The second-order valence-electron chi connectivity index (χ2n) is 6.48. The van der Waals surface area contributed by atoms with Crippen LogP contribution in [0.1, 0.15) is 104 Å². The maximum absolute atomic E-state index is 11.5. The molecule has 0 radical (unpaired) electrons. The van der Waals surface area contributed by atoms with Crippen molar-refractivity contribution in [2.45, 2.75) is 104 Å². The molecule has 0 bridgehead atoms. The Morgan fingerprint density at radius 2 is 0.875 bits per heavy atom. The quantitative estimate of drug-likeness (QED) is 0.256. The van der Waals surface area contributed by atoms with Crippen LogP contribution in [0.15, 0.2) is 0 Å². The van der Waals surface area contributed by atoms with Gasteiger partial charge in [0, 0.05) is 12.8 Å². The molecule has 0 aliphatic rings. The summed E-state index contributed by atoms with van der Waals surface area (Å²) in [6.45, 7) is 4.74. The van der Waals surface area contributed by atoms with Crippen LogP contribution in [0.25, 0.3) is 0 Å². The molecular formula is C20H38O4. The van der Waals surface area contributed by atoms with E-state index in [9.17, 15) is 9.59 Å². The molecule has 0 aliphatic heterocycles. The average molecular weight is 343 g/mol. The van der Waals surface area contributed by atoms with Gasteiger partial charge in [-0.2, -0.15) is 0 Å². The summed E-state index contributed by atoms with van der Waals surface area (Å²) < 4.78 is 10.1. The van der Waals surface area contributed by atoms with Gasteiger partial charge in [0.2, 0.25) is 0 Å². The minimum absolute atomic E-state index is 0.177. The van der Waals surface area contributed by atoms with Gasteiger partial charge in [0.25, 0.3) is 0 Å². The smallest absolute Gasteiger partial charge is 0.305 e. The van der Waals surface area contributed by atoms with Crippen LogP contribution < -0.4 is 0 Å². The normalized spacial score (nSPS) is 10.6. The fourth-order valence-corrected chi connectivity index (χ4v) is 2.55. The minimum atomic E-state index is -0.183. The molecule has 0 heterocycles. The van der Waals surface area contributed by atoms with Gasteiger partial charge in [-0.1, -0.05) is 78.1 Å². The van der Waals surface area contributed by atoms with Crippen molar-refractivity contribution in [2.24, 2.45) is 0 Å². The third kappa shape index (κ3) is 17.3. The average Bonchev–Trinajstić information content (AvgIpc) is 2.58. The molecule has 0 amide bonds. The highest BCUT2D eigenvalue weighted by Crippen LogP contribution is 2.08. The van der Waals surface area contributed by atoms with E-state index >= 15 is 0 Å². The topological polar surface area (TPSA) is 52.6 Å². The number of hydrogen-bond acceptors (Lipinski definition) is 4. The van der Waals surface area contributed by atoms with Crippen LogP contribution in [-0.2, 0) is 19.1 Å². The van der Waals surface area contributed by atoms with Gasteiger partial charge < -0.3 is 9.47 Å². The first-order valence-electron chi connectivity index (χ1n) is 10.0. The molecule has 0 aromatic carbocycles. The number of carbonyl (C=O) groups excluding carboxylic acids is 2. The number of ether oxygens (including phenoxy) is 2. The van der Waals surface area contributed by atoms with Gasteiger partial charge in [-0.15, -0.1) is 0 Å². The lowest BCUT2D eigenvalue weighted by Crippen LogP contribution is -2.13. The van der Waals surface area contributed by atoms with Gasteiger partial charge in [-0.25, -0.2) is 0 Å². The third-order valence-electron chi connectivity index (χ3n) is 4.08. The maximum Gasteiger partial charge on any atom is 0.305 e. The van der Waals surface area contributed by atoms with E-state index in [2.05, 4.69) is 13.8 Å². The van der Waals surface area contributed by atoms with E-state index in [1.165, 1.54) is 51.4 Å². The largest absolute Gasteiger partial charge is 0.462 e. The van der Waals surface area contributed by atoms with Crippen LogP contribution in [0.4, 0.5) is 0 Å². The number of esters is 2. The lowest BCUT2D eigenvalue weighted by atomic mass is 10.1. The molecule has 0 aromatic rings. The summed E-state index contributed by atoms with van der Waals surface area (Å²) in [5.41, 5.74) is 0. The molecule has 0 unspecified atom stereocenters. The van der Waals surface area contributed by atoms with Crippen molar-refractivity contribution >= 4 is 11.9 Å². The minimum Gasteiger partial charge on any atom is -0.462 e. The van der Waals surface area contributed by atoms with E-state index in [1.807, 2.05) is 0 Å². The molecule has 24 heavy (non-hydrogen) atoms. The second-order valence-corrected chi connectivity index (χ2v) is 6.48. The first-order valence-corrected chi connectivity index (χ1v) is 10.0. The molecule has 0 rings (SSSR count). The zero-order valence-electron chi connectivity index (χ0n) is 15.9. The Morgan fingerprint density at radius 1 is 0.542 bits per heavy atom. The third-order valence-corrected chi connectivity index (χ3v) is 4.08. The molecule has 4 heteroatoms. The summed E-state index contributed by atoms with van der Waals surface area (Å²) >= 11 is 0. The van der Waals surface area contributed by atoms with E-state index in [-0.39, 0.29) is 25.2 Å². The molecule has 0 aliphatic carbocycles. The van der Waals surface area contributed by atoms with Gasteiger partial charge in [-0.05, 0) is 12.8 Å². The van der Waals surface area contributed by atoms with Crippen LogP contribution in [0.3, 0.4) is 0 Å². The maximum atomic E-state index is 11.5. The Labute approximate surface area is 148 Å². The van der Waals surface area contributed by atoms with E-state index in [4.69, 9.17) is 9.47 Å². The molecule has 0 spiro atoms. The van der Waals surface area contributed by atoms with Crippen LogP contribution in [-0.4, -0.2) is 25.2 Å². The highest BCUT2D eigenvalue weighted by Gasteiger charge is 2.05. The number of carbonyl (C=O) groups is 2. The Bertz CT molecular complexity index is 272. The highest BCUT2D eigenvalue weighted by atomic mass is 16.6. The zero-order valence-corrected chi connectivity index (χ0v) is 15.9. The van der Waals surface area contributed by atoms with Gasteiger partial charge in [0.05, 0.1) is 0 Å². The standard InChI is InChI=1S/C20H38O4/c1-3-5-7-9-11-13-15-19(21)23-17-18-24-20(22)16-14-12-10-8-6-4-2/h3-18H2,1-2H3. The van der Waals surface area contributed by atoms with Crippen LogP contribution in [0.2, 0.25) is 0 Å². The van der Waals surface area contributed by atoms with Crippen molar-refractivity contribution in [1.29, 1.82) is 0 Å². The molecule has 4 nitrogen and oxygen atoms in total. The zero-order chi connectivity index (χ0) is 17.9. The van der Waals surface area contributed by atoms with E-state index in [0.717, 1.165) is 25.7 Å². The second kappa shape index (κ2) is 18.3. The fraction of sp³-hybridized carbons (Fsp3) is 0.900. The number of rotatable bonds is 17. The van der Waals surface area contributed by atoms with Gasteiger partial charge >= 0.3 is 11.9 Å². The van der Waals surface area contributed by atoms with Crippen molar-refractivity contribution in [3.8, 4) is 0 Å². The number of unbranched alkanes of at least 4 members (excludes halogenated alkanes) is 10. The molecule has 0 N–H and O–H groups in total. The molecule has 142 valence electrons. The van der Waals surface area contributed by atoms with Crippen molar-refractivity contribution < 1.29 is 19.1 Å². The van der Waals surface area contributed by atoms with E-state index in [0.29, 0.717) is 12.8 Å². The van der Waals surface area contributed by atoms with Crippen LogP contribution >= 0.6 is 0 Å². The molecular weight excluding hydrogens is 304 g/mol. The summed E-state index contributed by atoms with van der Waals surface area (Å²) in [5.74, 6) is -0.366. The molecule has 0 atom stereocenters. The first kappa shape index (κ1) is 22.9. The van der Waals surface area contributed by atoms with Crippen LogP contribution in [0, 0.1) is 0 Å². The fourth-order valence-electron chi connectivity index (χ4n) is 2.55. The predicted octanol–water partition coefficient (Wildman–Crippen LogP) is 5.57. The lowest BCUT2D eigenvalue weighted by Gasteiger charge is -2.06. The molecule has 0 saturated carbocycles. The highest BCUT2D eigenvalue weighted by molar-refractivity contribution is 5.70. The van der Waals surface area contributed by atoms with Crippen molar-refractivity contribution in [2.75, 3.05) is 13.2 Å². The predicted molar refractivity (Wildman–Crippen MR) is 97.9 cm³/mol. The Kier molecular flexibility index (Phi) is 17.5. The van der Waals surface area contributed by atoms with E-state index in [1.54, 1.807) is 0 Å². The first-order chi connectivity index (χ1) is 11.7. The van der Waals surface area contributed by atoms with Gasteiger partial charge in [-0.3, -0.25) is 9.59 Å². The van der Waals surface area contributed by atoms with Crippen molar-refractivity contribution in [1.82, 2.24) is 0 Å². The van der Waals surface area contributed by atoms with Gasteiger partial charge in [0.1, 0.15) is 13.2 Å². The van der Waals surface area contributed by atoms with Crippen molar-refractivity contribution in [3.63, 3.8) is 0 Å². The van der Waals surface area contributed by atoms with Crippen LogP contribution in [0.5, 0.6) is 0 Å². The molecule has 0 fully saturated rings. The summed E-state index contributed by atoms with van der Waals surface area (Å²) in [6.07, 6.45) is 14.8. The summed E-state index contributed by atoms with van der Waals surface area (Å²) in [4.78, 5) is 23.0. The summed E-state index contributed by atoms with van der Waals surface area (Å²) in [5, 5.41) is 0. The number of hydrogen-bond donors (Lipinski definition) is 0. The monoisotopic (exact) mass is 342 g/mol. The summed E-state index contributed by atoms with van der Waals surface area (Å²) in [6, 6.07) is 0. The SMILES string of the molecule is CCCCCCCCC(=O)OCCOC(=O)CCCCCCCC. The van der Waals surface area contributed by atoms with Crippen molar-refractivity contribution in [3.05, 3.63) is 0 Å². The Morgan fingerprint density at radius 3 is 1.25 bits per heavy atom. The summed E-state index contributed by atoms with van der Waals surface area (Å²) in [7, 11) is 0. The van der Waals surface area contributed by atoms with Gasteiger partial charge in [0.15, 0.2) is 0 Å². The Balaban J connectivity index is 3.31. The van der Waals surface area contributed by atoms with E-state index < -0.39 is 0 Å². The Hall–Kier alpha value is -1.06. The molecule has 0 saturated heterocycles. The lowest BCUT2D eigenvalue weighted by molar-refractivity contribution is -0.152.